The van der Waals surface area contributed by atoms with Crippen LogP contribution in [0.1, 0.15) is 10.4 Å². The van der Waals surface area contributed by atoms with Crippen LogP contribution in [0.2, 0.25) is 0 Å². The van der Waals surface area contributed by atoms with Crippen molar-refractivity contribution < 1.29 is 31.9 Å². The molecule has 0 saturated carbocycles. The topological polar surface area (TPSA) is 139 Å². The molecular formula is C10H11F2N3O5S. The average Bonchev–Trinajstić information content (AvgIpc) is 2.37. The van der Waals surface area contributed by atoms with E-state index in [0.717, 1.165) is 0 Å². The van der Waals surface area contributed by atoms with Crippen molar-refractivity contribution in [1.29, 1.82) is 0 Å². The molecule has 11 heteroatoms. The van der Waals surface area contributed by atoms with Crippen molar-refractivity contribution in [2.75, 3.05) is 13.1 Å². The lowest BCUT2D eigenvalue weighted by atomic mass is 10.2. The van der Waals surface area contributed by atoms with Gasteiger partial charge in [-0.1, -0.05) is 0 Å². The number of carbonyl (C=O) groups excluding carboxylic acids is 1. The molecule has 1 aromatic rings. The van der Waals surface area contributed by atoms with E-state index in [1.54, 1.807) is 0 Å². The van der Waals surface area contributed by atoms with Gasteiger partial charge in [0.05, 0.1) is 5.56 Å². The Bertz CT molecular complexity index is 678. The third-order valence-corrected chi connectivity index (χ3v) is 3.71. The van der Waals surface area contributed by atoms with Crippen molar-refractivity contribution in [3.8, 4) is 0 Å². The first kappa shape index (κ1) is 16.8. The summed E-state index contributed by atoms with van der Waals surface area (Å²) in [4.78, 5) is 19.9. The minimum atomic E-state index is -4.49. The fourth-order valence-electron chi connectivity index (χ4n) is 1.33. The number of nitrogens with one attached hydrogen (secondary N) is 2. The van der Waals surface area contributed by atoms with E-state index in [-0.39, 0.29) is 13.1 Å². The molecule has 1 rings (SSSR count). The van der Waals surface area contributed by atoms with E-state index in [4.69, 9.17) is 10.8 Å². The van der Waals surface area contributed by atoms with Crippen LogP contribution < -0.4 is 15.8 Å². The molecule has 0 saturated heterocycles. The molecule has 0 heterocycles. The maximum Gasteiger partial charge on any atom is 0.335 e. The minimum Gasteiger partial charge on any atom is -0.478 e. The molecular weight excluding hydrogens is 312 g/mol. The maximum absolute atomic E-state index is 13.5. The van der Waals surface area contributed by atoms with Crippen molar-refractivity contribution in [1.82, 2.24) is 10.0 Å². The molecule has 0 radical (unpaired) electrons. The van der Waals surface area contributed by atoms with E-state index in [1.807, 2.05) is 4.72 Å². The molecule has 5 N–H and O–H groups in total. The normalized spacial score (nSPS) is 11.1. The molecule has 0 aliphatic carbocycles. The van der Waals surface area contributed by atoms with Crippen molar-refractivity contribution in [2.24, 2.45) is 5.73 Å². The van der Waals surface area contributed by atoms with Crippen LogP contribution in [-0.4, -0.2) is 38.6 Å². The van der Waals surface area contributed by atoms with E-state index in [9.17, 15) is 26.8 Å². The number of benzene rings is 1. The van der Waals surface area contributed by atoms with E-state index in [1.165, 1.54) is 0 Å². The minimum absolute atomic E-state index is 0.183. The Labute approximate surface area is 118 Å². The van der Waals surface area contributed by atoms with Gasteiger partial charge in [0.2, 0.25) is 10.0 Å². The van der Waals surface area contributed by atoms with Gasteiger partial charge >= 0.3 is 12.0 Å². The molecule has 0 aromatic heterocycles. The molecule has 0 unspecified atom stereocenters. The molecule has 1 aromatic carbocycles. The first-order valence-corrected chi connectivity index (χ1v) is 6.89. The van der Waals surface area contributed by atoms with E-state index < -0.39 is 44.1 Å². The molecule has 21 heavy (non-hydrogen) atoms. The second-order valence-electron chi connectivity index (χ2n) is 3.76. The number of urea groups is 1. The smallest absolute Gasteiger partial charge is 0.335 e. The third kappa shape index (κ3) is 4.36. The summed E-state index contributed by atoms with van der Waals surface area (Å²) >= 11 is 0. The zero-order valence-corrected chi connectivity index (χ0v) is 11.2. The summed E-state index contributed by atoms with van der Waals surface area (Å²) in [5.74, 6) is -4.92. The van der Waals surface area contributed by atoms with Gasteiger partial charge in [0, 0.05) is 13.1 Å². The number of halogens is 2. The number of primary amides is 1. The summed E-state index contributed by atoms with van der Waals surface area (Å²) in [6.07, 6.45) is 0. The highest BCUT2D eigenvalue weighted by Crippen LogP contribution is 2.19. The Kier molecular flexibility index (Phi) is 5.16. The first-order chi connectivity index (χ1) is 9.65. The highest BCUT2D eigenvalue weighted by atomic mass is 32.2. The molecule has 8 nitrogen and oxygen atoms in total. The van der Waals surface area contributed by atoms with Gasteiger partial charge in [-0.15, -0.1) is 0 Å². The monoisotopic (exact) mass is 323 g/mol. The molecule has 0 aliphatic rings. The predicted molar refractivity (Wildman–Crippen MR) is 66.1 cm³/mol. The molecule has 0 fully saturated rings. The standard InChI is InChI=1S/C10H11F2N3O5S/c11-6-3-5(9(16)17)4-7(8(6)12)21(19,20)15-2-1-14-10(13)18/h3-4,15H,1-2H2,(H,16,17)(H3,13,14,18). The zero-order valence-electron chi connectivity index (χ0n) is 10.4. The summed E-state index contributed by atoms with van der Waals surface area (Å²) in [5, 5.41) is 10.8. The number of carboxylic acids is 1. The van der Waals surface area contributed by atoms with Crippen LogP contribution in [0.15, 0.2) is 17.0 Å². The predicted octanol–water partition coefficient (Wildman–Crippen LogP) is -0.390. The van der Waals surface area contributed by atoms with Crippen LogP contribution in [0, 0.1) is 11.6 Å². The first-order valence-electron chi connectivity index (χ1n) is 5.40. The Morgan fingerprint density at radius 3 is 2.38 bits per heavy atom. The lowest BCUT2D eigenvalue weighted by Gasteiger charge is -2.09. The third-order valence-electron chi connectivity index (χ3n) is 2.25. The Morgan fingerprint density at radius 2 is 1.86 bits per heavy atom. The average molecular weight is 323 g/mol. The number of amides is 2. The van der Waals surface area contributed by atoms with Gasteiger partial charge in [-0.3, -0.25) is 0 Å². The molecule has 0 aliphatic heterocycles. The fraction of sp³-hybridized carbons (Fsp3) is 0.200. The molecule has 0 spiro atoms. The number of carboxylic acid groups (broad SMARTS) is 1. The number of aromatic carboxylic acids is 1. The van der Waals surface area contributed by atoms with Crippen LogP contribution in [0.5, 0.6) is 0 Å². The summed E-state index contributed by atoms with van der Waals surface area (Å²) in [7, 11) is -4.49. The SMILES string of the molecule is NC(=O)NCCNS(=O)(=O)c1cc(C(=O)O)cc(F)c1F. The molecule has 0 atom stereocenters. The van der Waals surface area contributed by atoms with E-state index >= 15 is 0 Å². The van der Waals surface area contributed by atoms with Crippen molar-refractivity contribution >= 4 is 22.0 Å². The van der Waals surface area contributed by atoms with E-state index in [0.29, 0.717) is 12.1 Å². The Balaban J connectivity index is 3.02. The van der Waals surface area contributed by atoms with Crippen LogP contribution in [0.25, 0.3) is 0 Å². The summed E-state index contributed by atoms with van der Waals surface area (Å²) in [5.41, 5.74) is 4.03. The molecule has 2 amide bonds. The number of hydrogen-bond acceptors (Lipinski definition) is 4. The van der Waals surface area contributed by atoms with Gasteiger partial charge in [-0.2, -0.15) is 0 Å². The van der Waals surface area contributed by atoms with Crippen LogP contribution in [-0.2, 0) is 10.0 Å². The Morgan fingerprint density at radius 1 is 1.24 bits per heavy atom. The highest BCUT2D eigenvalue weighted by Gasteiger charge is 2.24. The van der Waals surface area contributed by atoms with E-state index in [2.05, 4.69) is 5.32 Å². The number of sulfonamides is 1. The lowest BCUT2D eigenvalue weighted by Crippen LogP contribution is -2.37. The maximum atomic E-state index is 13.5. The summed E-state index contributed by atoms with van der Waals surface area (Å²) in [6.45, 7) is -0.527. The van der Waals surface area contributed by atoms with Gasteiger partial charge < -0.3 is 16.2 Å². The number of carbonyl (C=O) groups is 2. The fourth-order valence-corrected chi connectivity index (χ4v) is 2.47. The lowest BCUT2D eigenvalue weighted by molar-refractivity contribution is 0.0696. The van der Waals surface area contributed by atoms with Crippen LogP contribution in [0.4, 0.5) is 13.6 Å². The van der Waals surface area contributed by atoms with Crippen LogP contribution >= 0.6 is 0 Å². The summed E-state index contributed by atoms with van der Waals surface area (Å²) in [6, 6.07) is -0.0325. The van der Waals surface area contributed by atoms with Gasteiger partial charge in [0.25, 0.3) is 0 Å². The quantitative estimate of drug-likeness (QED) is 0.528. The second kappa shape index (κ2) is 6.45. The molecule has 116 valence electrons. The van der Waals surface area contributed by atoms with Gasteiger partial charge in [-0.25, -0.2) is 31.5 Å². The van der Waals surface area contributed by atoms with Crippen molar-refractivity contribution in [3.63, 3.8) is 0 Å². The van der Waals surface area contributed by atoms with Gasteiger partial charge in [0.1, 0.15) is 4.90 Å². The van der Waals surface area contributed by atoms with Crippen molar-refractivity contribution in [3.05, 3.63) is 29.3 Å². The van der Waals surface area contributed by atoms with Gasteiger partial charge in [-0.05, 0) is 12.1 Å². The molecule has 0 bridgehead atoms. The largest absolute Gasteiger partial charge is 0.478 e. The zero-order chi connectivity index (χ0) is 16.2. The number of nitrogens with two attached hydrogens (primary N) is 1. The Hall–Kier alpha value is -2.27. The highest BCUT2D eigenvalue weighted by molar-refractivity contribution is 7.89. The number of hydrogen-bond donors (Lipinski definition) is 4. The van der Waals surface area contributed by atoms with Gasteiger partial charge in [0.15, 0.2) is 11.6 Å². The number of rotatable bonds is 6. The second-order valence-corrected chi connectivity index (χ2v) is 5.50. The summed E-state index contributed by atoms with van der Waals surface area (Å²) < 4.78 is 52.1. The van der Waals surface area contributed by atoms with Crippen LogP contribution in [0.3, 0.4) is 0 Å². The van der Waals surface area contributed by atoms with Crippen molar-refractivity contribution in [2.45, 2.75) is 4.90 Å².